The number of aromatic nitrogens is 2. The highest BCUT2D eigenvalue weighted by Crippen LogP contribution is 2.02. The molecule has 0 spiro atoms. The van der Waals surface area contributed by atoms with Gasteiger partial charge in [0.15, 0.2) is 5.82 Å². The highest BCUT2D eigenvalue weighted by Gasteiger charge is 2.05. The molecule has 7 heteroatoms. The van der Waals surface area contributed by atoms with Crippen LogP contribution in [0.5, 0.6) is 0 Å². The predicted molar refractivity (Wildman–Crippen MR) is 50.4 cm³/mol. The largest absolute Gasteiger partial charge is 0.480 e. The summed E-state index contributed by atoms with van der Waals surface area (Å²) in [5, 5.41) is 17.1. The average Bonchev–Trinajstić information content (AvgIpc) is 2.50. The normalized spacial score (nSPS) is 9.93. The van der Waals surface area contributed by atoms with Crippen LogP contribution in [0.3, 0.4) is 0 Å². The van der Waals surface area contributed by atoms with Gasteiger partial charge in [-0.2, -0.15) is 5.10 Å². The molecule has 1 heterocycles. The molecule has 82 valence electrons. The van der Waals surface area contributed by atoms with Gasteiger partial charge in [-0.05, 0) is 6.92 Å². The first-order chi connectivity index (χ1) is 7.08. The fourth-order valence-electron chi connectivity index (χ4n) is 0.892. The summed E-state index contributed by atoms with van der Waals surface area (Å²) in [5.41, 5.74) is 0.816. The van der Waals surface area contributed by atoms with Crippen molar-refractivity contribution < 1.29 is 19.4 Å². The number of ether oxygens (including phenoxy) is 1. The highest BCUT2D eigenvalue weighted by molar-refractivity contribution is 5.90. The van der Waals surface area contributed by atoms with E-state index < -0.39 is 18.5 Å². The number of aryl methyl sites for hydroxylation is 1. The molecule has 0 unspecified atom stereocenters. The summed E-state index contributed by atoms with van der Waals surface area (Å²) < 4.78 is 4.59. The van der Waals surface area contributed by atoms with Crippen LogP contribution < -0.4 is 5.32 Å². The topological polar surface area (TPSA) is 104 Å². The maximum absolute atomic E-state index is 11.1. The van der Waals surface area contributed by atoms with Gasteiger partial charge >= 0.3 is 5.97 Å². The molecule has 1 rings (SSSR count). The number of rotatable bonds is 5. The summed E-state index contributed by atoms with van der Waals surface area (Å²) in [4.78, 5) is 21.2. The van der Waals surface area contributed by atoms with Crippen LogP contribution in [0.2, 0.25) is 0 Å². The quantitative estimate of drug-likeness (QED) is 0.626. The number of aliphatic carboxylic acids is 1. The Morgan fingerprint density at radius 1 is 1.60 bits per heavy atom. The van der Waals surface area contributed by atoms with Gasteiger partial charge in [-0.25, -0.2) is 4.79 Å². The van der Waals surface area contributed by atoms with E-state index in [1.54, 1.807) is 13.0 Å². The number of carbonyl (C=O) groups excluding carboxylic acids is 1. The number of hydrogen-bond donors (Lipinski definition) is 3. The van der Waals surface area contributed by atoms with Crippen molar-refractivity contribution in [3.63, 3.8) is 0 Å². The Morgan fingerprint density at radius 2 is 2.33 bits per heavy atom. The van der Waals surface area contributed by atoms with Gasteiger partial charge in [0.25, 0.3) is 5.91 Å². The van der Waals surface area contributed by atoms with E-state index in [1.165, 1.54) is 0 Å². The Labute approximate surface area is 85.4 Å². The van der Waals surface area contributed by atoms with Crippen molar-refractivity contribution in [2.75, 3.05) is 18.5 Å². The first-order valence-corrected chi connectivity index (χ1v) is 4.19. The molecule has 0 aliphatic carbocycles. The Hall–Kier alpha value is -1.89. The molecule has 0 bridgehead atoms. The lowest BCUT2D eigenvalue weighted by Gasteiger charge is -2.00. The first kappa shape index (κ1) is 11.2. The Balaban J connectivity index is 2.27. The van der Waals surface area contributed by atoms with Crippen molar-refractivity contribution in [3.05, 3.63) is 11.8 Å². The average molecular weight is 213 g/mol. The smallest absolute Gasteiger partial charge is 0.329 e. The lowest BCUT2D eigenvalue weighted by molar-refractivity contribution is -0.143. The number of nitrogens with one attached hydrogen (secondary N) is 2. The van der Waals surface area contributed by atoms with Gasteiger partial charge in [-0.15, -0.1) is 0 Å². The zero-order valence-electron chi connectivity index (χ0n) is 8.11. The third-order valence-electron chi connectivity index (χ3n) is 1.43. The monoisotopic (exact) mass is 213 g/mol. The fraction of sp³-hybridized carbons (Fsp3) is 0.375. The maximum atomic E-state index is 11.1. The third kappa shape index (κ3) is 4.23. The second kappa shape index (κ2) is 5.11. The van der Waals surface area contributed by atoms with Gasteiger partial charge in [-0.1, -0.05) is 0 Å². The zero-order valence-corrected chi connectivity index (χ0v) is 8.11. The van der Waals surface area contributed by atoms with E-state index in [2.05, 4.69) is 20.3 Å². The number of carbonyl (C=O) groups is 2. The van der Waals surface area contributed by atoms with Crippen LogP contribution in [-0.2, 0) is 14.3 Å². The number of aromatic amines is 1. The molecular weight excluding hydrogens is 202 g/mol. The molecule has 0 radical (unpaired) electrons. The van der Waals surface area contributed by atoms with Crippen LogP contribution in [-0.4, -0.2) is 40.4 Å². The Bertz CT molecular complexity index is 361. The number of hydrogen-bond acceptors (Lipinski definition) is 4. The molecule has 0 aromatic carbocycles. The maximum Gasteiger partial charge on any atom is 0.329 e. The van der Waals surface area contributed by atoms with Crippen molar-refractivity contribution in [3.8, 4) is 0 Å². The lowest BCUT2D eigenvalue weighted by Crippen LogP contribution is -2.20. The minimum Gasteiger partial charge on any atom is -0.480 e. The third-order valence-corrected chi connectivity index (χ3v) is 1.43. The van der Waals surface area contributed by atoms with E-state index >= 15 is 0 Å². The molecule has 1 aromatic rings. The fourth-order valence-corrected chi connectivity index (χ4v) is 0.892. The summed E-state index contributed by atoms with van der Waals surface area (Å²) in [6.45, 7) is 0.995. The number of carboxylic acids is 1. The molecule has 0 saturated carbocycles. The number of H-pyrrole nitrogens is 1. The van der Waals surface area contributed by atoms with Crippen molar-refractivity contribution in [2.45, 2.75) is 6.92 Å². The number of anilines is 1. The van der Waals surface area contributed by atoms with Gasteiger partial charge in [0, 0.05) is 11.8 Å². The number of amides is 1. The summed E-state index contributed by atoms with van der Waals surface area (Å²) in [5.74, 6) is -1.17. The standard InChI is InChI=1S/C8H11N3O4/c1-5-2-6(11-10-5)9-7(12)3-15-4-8(13)14/h2H,3-4H2,1H3,(H,13,14)(H2,9,10,11,12). The minimum absolute atomic E-state index is 0.307. The Kier molecular flexibility index (Phi) is 3.81. The van der Waals surface area contributed by atoms with E-state index in [9.17, 15) is 9.59 Å². The van der Waals surface area contributed by atoms with E-state index in [4.69, 9.17) is 5.11 Å². The van der Waals surface area contributed by atoms with E-state index in [-0.39, 0.29) is 6.61 Å². The first-order valence-electron chi connectivity index (χ1n) is 4.19. The SMILES string of the molecule is Cc1cc(NC(=O)COCC(=O)O)n[nH]1. The molecule has 15 heavy (non-hydrogen) atoms. The predicted octanol–water partition coefficient (Wildman–Crippen LogP) is -0.242. The van der Waals surface area contributed by atoms with Gasteiger partial charge in [-0.3, -0.25) is 9.89 Å². The molecule has 0 fully saturated rings. The van der Waals surface area contributed by atoms with Crippen LogP contribution in [0.15, 0.2) is 6.07 Å². The minimum atomic E-state index is -1.11. The number of nitrogens with zero attached hydrogens (tertiary/aromatic N) is 1. The summed E-state index contributed by atoms with van der Waals surface area (Å²) in [7, 11) is 0. The van der Waals surface area contributed by atoms with Crippen molar-refractivity contribution in [1.82, 2.24) is 10.2 Å². The molecule has 1 aromatic heterocycles. The molecule has 3 N–H and O–H groups in total. The van der Waals surface area contributed by atoms with Crippen LogP contribution in [0, 0.1) is 6.92 Å². The Morgan fingerprint density at radius 3 is 2.87 bits per heavy atom. The van der Waals surface area contributed by atoms with Crippen LogP contribution in [0.25, 0.3) is 0 Å². The van der Waals surface area contributed by atoms with Crippen molar-refractivity contribution >= 4 is 17.7 Å². The highest BCUT2D eigenvalue weighted by atomic mass is 16.5. The van der Waals surface area contributed by atoms with E-state index in [1.807, 2.05) is 0 Å². The van der Waals surface area contributed by atoms with Gasteiger partial charge < -0.3 is 15.2 Å². The van der Waals surface area contributed by atoms with E-state index in [0.717, 1.165) is 5.69 Å². The van der Waals surface area contributed by atoms with Crippen LogP contribution in [0.4, 0.5) is 5.82 Å². The van der Waals surface area contributed by atoms with Crippen LogP contribution in [0.1, 0.15) is 5.69 Å². The summed E-state index contributed by atoms with van der Waals surface area (Å²) >= 11 is 0. The van der Waals surface area contributed by atoms with Gasteiger partial charge in [0.05, 0.1) is 0 Å². The molecule has 0 saturated heterocycles. The second-order valence-corrected chi connectivity index (χ2v) is 2.87. The van der Waals surface area contributed by atoms with Gasteiger partial charge in [0.1, 0.15) is 13.2 Å². The van der Waals surface area contributed by atoms with Gasteiger partial charge in [0.2, 0.25) is 0 Å². The van der Waals surface area contributed by atoms with Crippen molar-refractivity contribution in [1.29, 1.82) is 0 Å². The van der Waals surface area contributed by atoms with Crippen LogP contribution >= 0.6 is 0 Å². The summed E-state index contributed by atoms with van der Waals surface area (Å²) in [6, 6.07) is 1.65. The molecule has 7 nitrogen and oxygen atoms in total. The van der Waals surface area contributed by atoms with E-state index in [0.29, 0.717) is 5.82 Å². The second-order valence-electron chi connectivity index (χ2n) is 2.87. The summed E-state index contributed by atoms with van der Waals surface area (Å²) in [6.07, 6.45) is 0. The molecule has 0 atom stereocenters. The molecule has 0 aliphatic heterocycles. The van der Waals surface area contributed by atoms with Crippen molar-refractivity contribution in [2.24, 2.45) is 0 Å². The molecule has 0 aliphatic rings. The molecule has 1 amide bonds. The molecular formula is C8H11N3O4. The zero-order chi connectivity index (χ0) is 11.3. The lowest BCUT2D eigenvalue weighted by atomic mass is 10.4. The number of carboxylic acid groups (broad SMARTS) is 1.